The van der Waals surface area contributed by atoms with Gasteiger partial charge >= 0.3 is 5.97 Å². The van der Waals surface area contributed by atoms with Gasteiger partial charge in [-0.3, -0.25) is 4.79 Å². The number of hydrogen-bond donors (Lipinski definition) is 1. The number of nitrogens with two attached hydrogens (primary N) is 1. The summed E-state index contributed by atoms with van der Waals surface area (Å²) in [5.41, 5.74) is 5.48. The number of methoxy groups -OCH3 is 1. The van der Waals surface area contributed by atoms with Crippen LogP contribution in [0.2, 0.25) is 0 Å². The molecule has 0 radical (unpaired) electrons. The SMILES string of the molecule is COC(=O)C(N)Cc1cc(F)c(F)c(F)c1. The number of benzene rings is 1. The molecule has 2 N–H and O–H groups in total. The van der Waals surface area contributed by atoms with Crippen molar-refractivity contribution in [2.24, 2.45) is 5.73 Å². The smallest absolute Gasteiger partial charge is 0.322 e. The van der Waals surface area contributed by atoms with Crippen LogP contribution in [0.15, 0.2) is 12.1 Å². The molecule has 88 valence electrons. The Morgan fingerprint density at radius 1 is 1.38 bits per heavy atom. The minimum Gasteiger partial charge on any atom is -0.468 e. The molecule has 0 spiro atoms. The first-order valence-electron chi connectivity index (χ1n) is 4.42. The highest BCUT2D eigenvalue weighted by atomic mass is 19.2. The summed E-state index contributed by atoms with van der Waals surface area (Å²) in [7, 11) is 1.15. The molecule has 0 bridgehead atoms. The molecule has 0 saturated heterocycles. The van der Waals surface area contributed by atoms with Crippen LogP contribution in [-0.2, 0) is 16.0 Å². The Hall–Kier alpha value is -1.56. The Kier molecular flexibility index (Phi) is 3.89. The van der Waals surface area contributed by atoms with Crippen molar-refractivity contribution in [2.75, 3.05) is 7.11 Å². The zero-order valence-corrected chi connectivity index (χ0v) is 8.47. The Labute approximate surface area is 90.0 Å². The maximum atomic E-state index is 12.8. The van der Waals surface area contributed by atoms with E-state index >= 15 is 0 Å². The Balaban J connectivity index is 2.86. The molecule has 0 aliphatic rings. The third-order valence-electron chi connectivity index (χ3n) is 2.00. The topological polar surface area (TPSA) is 52.3 Å². The summed E-state index contributed by atoms with van der Waals surface area (Å²) in [6.45, 7) is 0. The van der Waals surface area contributed by atoms with E-state index in [-0.39, 0.29) is 12.0 Å². The molecule has 1 aromatic carbocycles. The zero-order valence-electron chi connectivity index (χ0n) is 8.47. The average Bonchev–Trinajstić information content (AvgIpc) is 2.24. The Morgan fingerprint density at radius 3 is 2.31 bits per heavy atom. The normalized spacial score (nSPS) is 12.3. The number of hydrogen-bond acceptors (Lipinski definition) is 3. The minimum absolute atomic E-state index is 0.0919. The molecule has 0 aromatic heterocycles. The molecule has 16 heavy (non-hydrogen) atoms. The van der Waals surface area contributed by atoms with E-state index in [0.29, 0.717) is 0 Å². The number of carbonyl (C=O) groups excluding carboxylic acids is 1. The molecule has 3 nitrogen and oxygen atoms in total. The van der Waals surface area contributed by atoms with Crippen molar-refractivity contribution in [1.29, 1.82) is 0 Å². The Morgan fingerprint density at radius 2 is 1.88 bits per heavy atom. The molecule has 0 amide bonds. The van der Waals surface area contributed by atoms with Crippen LogP contribution in [0.4, 0.5) is 13.2 Å². The summed E-state index contributed by atoms with van der Waals surface area (Å²) < 4.78 is 42.5. The number of halogens is 3. The second-order valence-electron chi connectivity index (χ2n) is 3.21. The number of ether oxygens (including phenoxy) is 1. The van der Waals surface area contributed by atoms with Gasteiger partial charge in [0.1, 0.15) is 6.04 Å². The van der Waals surface area contributed by atoms with E-state index < -0.39 is 29.5 Å². The van der Waals surface area contributed by atoms with Gasteiger partial charge in [-0.1, -0.05) is 0 Å². The molecule has 0 aliphatic heterocycles. The van der Waals surface area contributed by atoms with Gasteiger partial charge in [-0.15, -0.1) is 0 Å². The fourth-order valence-electron chi connectivity index (χ4n) is 1.21. The van der Waals surface area contributed by atoms with Gasteiger partial charge in [0.05, 0.1) is 7.11 Å². The van der Waals surface area contributed by atoms with Crippen LogP contribution in [0, 0.1) is 17.5 Å². The fraction of sp³-hybridized carbons (Fsp3) is 0.300. The summed E-state index contributed by atoms with van der Waals surface area (Å²) in [6.07, 6.45) is -0.124. The van der Waals surface area contributed by atoms with E-state index in [0.717, 1.165) is 19.2 Å². The molecule has 0 fully saturated rings. The maximum Gasteiger partial charge on any atom is 0.322 e. The predicted molar refractivity (Wildman–Crippen MR) is 50.0 cm³/mol. The van der Waals surface area contributed by atoms with Crippen molar-refractivity contribution in [3.05, 3.63) is 35.1 Å². The molecule has 0 aliphatic carbocycles. The highest BCUT2D eigenvalue weighted by Gasteiger charge is 2.17. The minimum atomic E-state index is -1.55. The average molecular weight is 233 g/mol. The first kappa shape index (κ1) is 12.5. The molecule has 0 heterocycles. The molecule has 6 heteroatoms. The van der Waals surface area contributed by atoms with Crippen molar-refractivity contribution in [3.63, 3.8) is 0 Å². The van der Waals surface area contributed by atoms with Crippen molar-refractivity contribution in [2.45, 2.75) is 12.5 Å². The first-order valence-corrected chi connectivity index (χ1v) is 4.42. The third-order valence-corrected chi connectivity index (χ3v) is 2.00. The van der Waals surface area contributed by atoms with Gasteiger partial charge in [-0.25, -0.2) is 13.2 Å². The van der Waals surface area contributed by atoms with Gasteiger partial charge in [-0.05, 0) is 24.1 Å². The van der Waals surface area contributed by atoms with E-state index in [4.69, 9.17) is 5.73 Å². The summed E-state index contributed by atoms with van der Waals surface area (Å²) in [5.74, 6) is -4.88. The van der Waals surface area contributed by atoms with Gasteiger partial charge < -0.3 is 10.5 Å². The van der Waals surface area contributed by atoms with Gasteiger partial charge in [0.25, 0.3) is 0 Å². The van der Waals surface area contributed by atoms with Crippen molar-refractivity contribution < 1.29 is 22.7 Å². The van der Waals surface area contributed by atoms with E-state index in [1.165, 1.54) is 0 Å². The lowest BCUT2D eigenvalue weighted by molar-refractivity contribution is -0.142. The lowest BCUT2D eigenvalue weighted by Gasteiger charge is -2.09. The lowest BCUT2D eigenvalue weighted by atomic mass is 10.1. The zero-order chi connectivity index (χ0) is 12.3. The first-order chi connectivity index (χ1) is 7.45. The second kappa shape index (κ2) is 4.98. The summed E-state index contributed by atoms with van der Waals surface area (Å²) >= 11 is 0. The van der Waals surface area contributed by atoms with Gasteiger partial charge in [0.15, 0.2) is 17.5 Å². The molecule has 1 rings (SSSR count). The molecular formula is C10H10F3NO2. The number of rotatable bonds is 3. The quantitative estimate of drug-likeness (QED) is 0.629. The van der Waals surface area contributed by atoms with Crippen LogP contribution < -0.4 is 5.73 Å². The van der Waals surface area contributed by atoms with Crippen LogP contribution in [0.1, 0.15) is 5.56 Å². The van der Waals surface area contributed by atoms with Crippen molar-refractivity contribution in [1.82, 2.24) is 0 Å². The van der Waals surface area contributed by atoms with Crippen molar-refractivity contribution in [3.8, 4) is 0 Å². The van der Waals surface area contributed by atoms with Crippen molar-refractivity contribution >= 4 is 5.97 Å². The highest BCUT2D eigenvalue weighted by molar-refractivity contribution is 5.75. The van der Waals surface area contributed by atoms with E-state index in [9.17, 15) is 18.0 Å². The standard InChI is InChI=1S/C10H10F3NO2/c1-16-10(15)8(14)4-5-2-6(11)9(13)7(12)3-5/h2-3,8H,4,14H2,1H3. The van der Waals surface area contributed by atoms with Crippen LogP contribution in [-0.4, -0.2) is 19.1 Å². The molecular weight excluding hydrogens is 223 g/mol. The Bertz CT molecular complexity index is 386. The van der Waals surface area contributed by atoms with Crippen LogP contribution in [0.5, 0.6) is 0 Å². The number of carbonyl (C=O) groups is 1. The summed E-state index contributed by atoms with van der Waals surface area (Å²) in [4.78, 5) is 10.9. The van der Waals surface area contributed by atoms with Gasteiger partial charge in [0, 0.05) is 0 Å². The predicted octanol–water partition coefficient (Wildman–Crippen LogP) is 1.15. The number of esters is 1. The molecule has 1 atom stereocenters. The van der Waals surface area contributed by atoms with E-state index in [2.05, 4.69) is 4.74 Å². The van der Waals surface area contributed by atoms with Gasteiger partial charge in [0.2, 0.25) is 0 Å². The highest BCUT2D eigenvalue weighted by Crippen LogP contribution is 2.14. The van der Waals surface area contributed by atoms with E-state index in [1.54, 1.807) is 0 Å². The van der Waals surface area contributed by atoms with Crippen LogP contribution in [0.25, 0.3) is 0 Å². The molecule has 1 unspecified atom stereocenters. The maximum absolute atomic E-state index is 12.8. The fourth-order valence-corrected chi connectivity index (χ4v) is 1.21. The largest absolute Gasteiger partial charge is 0.468 e. The molecule has 1 aromatic rings. The monoisotopic (exact) mass is 233 g/mol. The lowest BCUT2D eigenvalue weighted by Crippen LogP contribution is -2.33. The summed E-state index contributed by atoms with van der Waals surface area (Å²) in [6, 6.07) is 0.553. The summed E-state index contributed by atoms with van der Waals surface area (Å²) in [5, 5.41) is 0. The van der Waals surface area contributed by atoms with Gasteiger partial charge in [-0.2, -0.15) is 0 Å². The van der Waals surface area contributed by atoms with E-state index in [1.807, 2.05) is 0 Å². The second-order valence-corrected chi connectivity index (χ2v) is 3.21. The molecule has 0 saturated carbocycles. The van der Waals surface area contributed by atoms with Crippen LogP contribution >= 0.6 is 0 Å². The van der Waals surface area contributed by atoms with Crippen LogP contribution in [0.3, 0.4) is 0 Å². The third kappa shape index (κ3) is 2.73.